The molecule has 0 saturated carbocycles. The molecule has 1 aromatic heterocycles. The first-order valence-corrected chi connectivity index (χ1v) is 11.5. The first-order chi connectivity index (χ1) is 16.6. The third-order valence-corrected chi connectivity index (χ3v) is 6.35. The topological polar surface area (TPSA) is 119 Å². The van der Waals surface area contributed by atoms with E-state index in [-0.39, 0.29) is 5.69 Å². The molecule has 3 N–H and O–H groups in total. The van der Waals surface area contributed by atoms with E-state index in [9.17, 15) is 18.0 Å². The van der Waals surface area contributed by atoms with Gasteiger partial charge in [-0.15, -0.1) is 10.2 Å². The highest BCUT2D eigenvalue weighted by atomic mass is 32.2. The Morgan fingerprint density at radius 2 is 1.57 bits per heavy atom. The molecule has 1 aliphatic heterocycles. The minimum Gasteiger partial charge on any atom is -0.476 e. The lowest BCUT2D eigenvalue weighted by Gasteiger charge is -2.35. The highest BCUT2D eigenvalue weighted by molar-refractivity contribution is 7.99. The number of alkyl halides is 3. The van der Waals surface area contributed by atoms with Crippen molar-refractivity contribution in [3.63, 3.8) is 0 Å². The number of nitrogens with one attached hydrogen (secondary N) is 1. The molecule has 1 atom stereocenters. The van der Waals surface area contributed by atoms with Crippen LogP contribution in [-0.4, -0.2) is 56.3 Å². The SMILES string of the molecule is CC1CCCCN1c1ccc(-c2ccc(Sc3n[nH]nc3C(=O)O)cc2)cc1.O=C(O)C(F)(F)F. The Kier molecular flexibility index (Phi) is 8.39. The molecular weight excluding hydrogens is 485 g/mol. The maximum Gasteiger partial charge on any atom is 0.490 e. The maximum absolute atomic E-state index is 11.1. The van der Waals surface area contributed by atoms with Gasteiger partial charge < -0.3 is 15.1 Å². The van der Waals surface area contributed by atoms with E-state index < -0.39 is 18.1 Å². The summed E-state index contributed by atoms with van der Waals surface area (Å²) < 4.78 is 31.7. The zero-order valence-electron chi connectivity index (χ0n) is 18.6. The van der Waals surface area contributed by atoms with Gasteiger partial charge in [-0.2, -0.15) is 18.4 Å². The Morgan fingerprint density at radius 1 is 1.00 bits per heavy atom. The number of rotatable bonds is 5. The average Bonchev–Trinajstić information content (AvgIpc) is 3.28. The average molecular weight is 509 g/mol. The summed E-state index contributed by atoms with van der Waals surface area (Å²) in [4.78, 5) is 23.4. The van der Waals surface area contributed by atoms with E-state index in [4.69, 9.17) is 15.0 Å². The van der Waals surface area contributed by atoms with Gasteiger partial charge in [-0.1, -0.05) is 36.0 Å². The van der Waals surface area contributed by atoms with Gasteiger partial charge >= 0.3 is 18.1 Å². The molecule has 2 heterocycles. The van der Waals surface area contributed by atoms with Crippen molar-refractivity contribution in [1.82, 2.24) is 15.4 Å². The quantitative estimate of drug-likeness (QED) is 0.423. The molecule has 186 valence electrons. The first kappa shape index (κ1) is 26.1. The Labute approximate surface area is 203 Å². The zero-order valence-corrected chi connectivity index (χ0v) is 19.4. The smallest absolute Gasteiger partial charge is 0.476 e. The van der Waals surface area contributed by atoms with Crippen LogP contribution in [0.4, 0.5) is 18.9 Å². The highest BCUT2D eigenvalue weighted by Crippen LogP contribution is 2.31. The standard InChI is InChI=1S/C21H22N4O2S.C2HF3O2/c1-14-4-2-3-13-25(14)17-9-5-15(6-10-17)16-7-11-18(12-8-16)28-20-19(21(26)27)22-24-23-20;3-2(4,5)1(6)7/h5-12,14H,2-4,13H2,1H3,(H,26,27)(H,22,23,24);(H,6,7). The Morgan fingerprint density at radius 3 is 2.09 bits per heavy atom. The van der Waals surface area contributed by atoms with Crippen molar-refractivity contribution in [3.05, 3.63) is 54.2 Å². The molecule has 35 heavy (non-hydrogen) atoms. The second-order valence-electron chi connectivity index (χ2n) is 7.80. The fourth-order valence-corrected chi connectivity index (χ4v) is 4.40. The summed E-state index contributed by atoms with van der Waals surface area (Å²) in [5, 5.41) is 26.6. The monoisotopic (exact) mass is 508 g/mol. The number of carboxylic acids is 2. The van der Waals surface area contributed by atoms with Crippen LogP contribution in [0.5, 0.6) is 0 Å². The predicted molar refractivity (Wildman–Crippen MR) is 124 cm³/mol. The molecule has 4 rings (SSSR count). The molecule has 1 aliphatic rings. The third kappa shape index (κ3) is 6.98. The number of aliphatic carboxylic acids is 1. The van der Waals surface area contributed by atoms with Crippen molar-refractivity contribution in [3.8, 4) is 11.1 Å². The molecule has 0 radical (unpaired) electrons. The van der Waals surface area contributed by atoms with Crippen molar-refractivity contribution in [2.24, 2.45) is 0 Å². The normalized spacial score (nSPS) is 15.8. The second-order valence-corrected chi connectivity index (χ2v) is 8.86. The molecule has 1 fully saturated rings. The van der Waals surface area contributed by atoms with Gasteiger partial charge in [-0.05, 0) is 61.6 Å². The number of H-pyrrole nitrogens is 1. The molecule has 2 aromatic carbocycles. The largest absolute Gasteiger partial charge is 0.490 e. The van der Waals surface area contributed by atoms with E-state index in [0.717, 1.165) is 22.6 Å². The van der Waals surface area contributed by atoms with Gasteiger partial charge in [0.2, 0.25) is 5.69 Å². The predicted octanol–water partition coefficient (Wildman–Crippen LogP) is 5.33. The molecule has 3 aromatic rings. The van der Waals surface area contributed by atoms with Crippen LogP contribution in [0.2, 0.25) is 0 Å². The molecule has 8 nitrogen and oxygen atoms in total. The molecular formula is C23H23F3N4O4S. The molecule has 1 saturated heterocycles. The number of carbonyl (C=O) groups is 2. The number of hydrogen-bond acceptors (Lipinski definition) is 6. The van der Waals surface area contributed by atoms with Crippen LogP contribution in [-0.2, 0) is 4.79 Å². The summed E-state index contributed by atoms with van der Waals surface area (Å²) in [6.07, 6.45) is -1.24. The lowest BCUT2D eigenvalue weighted by molar-refractivity contribution is -0.192. The molecule has 0 aliphatic carbocycles. The number of aromatic nitrogens is 3. The number of piperidine rings is 1. The van der Waals surface area contributed by atoms with Crippen LogP contribution >= 0.6 is 11.8 Å². The lowest BCUT2D eigenvalue weighted by atomic mass is 10.0. The van der Waals surface area contributed by atoms with Gasteiger partial charge in [0.25, 0.3) is 0 Å². The number of hydrogen-bond donors (Lipinski definition) is 3. The van der Waals surface area contributed by atoms with E-state index in [2.05, 4.69) is 51.5 Å². The second kappa shape index (κ2) is 11.3. The van der Waals surface area contributed by atoms with Gasteiger partial charge in [0, 0.05) is 23.2 Å². The van der Waals surface area contributed by atoms with Crippen molar-refractivity contribution >= 4 is 29.4 Å². The van der Waals surface area contributed by atoms with Gasteiger partial charge in [-0.25, -0.2) is 9.59 Å². The van der Waals surface area contributed by atoms with E-state index in [1.54, 1.807) is 0 Å². The van der Waals surface area contributed by atoms with E-state index in [1.807, 2.05) is 24.3 Å². The van der Waals surface area contributed by atoms with Gasteiger partial charge in [0.05, 0.1) is 0 Å². The number of anilines is 1. The Bertz CT molecular complexity index is 1150. The lowest BCUT2D eigenvalue weighted by Crippen LogP contribution is -2.37. The Hall–Kier alpha value is -3.54. The fourth-order valence-electron chi connectivity index (χ4n) is 3.59. The van der Waals surface area contributed by atoms with Gasteiger partial charge in [-0.3, -0.25) is 0 Å². The van der Waals surface area contributed by atoms with Crippen molar-refractivity contribution in [2.75, 3.05) is 11.4 Å². The van der Waals surface area contributed by atoms with Crippen LogP contribution in [0.15, 0.2) is 58.5 Å². The minimum absolute atomic E-state index is 0.0587. The minimum atomic E-state index is -5.08. The van der Waals surface area contributed by atoms with Crippen molar-refractivity contribution < 1.29 is 33.0 Å². The fraction of sp³-hybridized carbons (Fsp3) is 0.304. The number of aromatic amines is 1. The van der Waals surface area contributed by atoms with Crippen molar-refractivity contribution in [1.29, 1.82) is 0 Å². The maximum atomic E-state index is 11.1. The summed E-state index contributed by atoms with van der Waals surface area (Å²) in [5.74, 6) is -3.84. The summed E-state index contributed by atoms with van der Waals surface area (Å²) >= 11 is 1.28. The van der Waals surface area contributed by atoms with Crippen molar-refractivity contribution in [2.45, 2.75) is 48.3 Å². The molecule has 12 heteroatoms. The molecule has 0 spiro atoms. The van der Waals surface area contributed by atoms with E-state index in [1.165, 1.54) is 36.7 Å². The zero-order chi connectivity index (χ0) is 25.6. The van der Waals surface area contributed by atoms with Crippen LogP contribution in [0.1, 0.15) is 36.7 Å². The summed E-state index contributed by atoms with van der Waals surface area (Å²) in [6.45, 7) is 3.43. The number of carboxylic acid groups (broad SMARTS) is 2. The number of benzene rings is 2. The molecule has 0 bridgehead atoms. The summed E-state index contributed by atoms with van der Waals surface area (Å²) in [6, 6.07) is 17.4. The highest BCUT2D eigenvalue weighted by Gasteiger charge is 2.38. The Balaban J connectivity index is 0.000000429. The van der Waals surface area contributed by atoms with E-state index in [0.29, 0.717) is 11.1 Å². The first-order valence-electron chi connectivity index (χ1n) is 10.7. The van der Waals surface area contributed by atoms with Crippen LogP contribution in [0.25, 0.3) is 11.1 Å². The number of aromatic carboxylic acids is 1. The number of nitrogens with zero attached hydrogens (tertiary/aromatic N) is 3. The molecule has 0 amide bonds. The van der Waals surface area contributed by atoms with Crippen LogP contribution < -0.4 is 4.90 Å². The summed E-state index contributed by atoms with van der Waals surface area (Å²) in [7, 11) is 0. The van der Waals surface area contributed by atoms with E-state index >= 15 is 0 Å². The summed E-state index contributed by atoms with van der Waals surface area (Å²) in [5.41, 5.74) is 3.52. The molecule has 1 unspecified atom stereocenters. The van der Waals surface area contributed by atoms with Gasteiger partial charge in [0.1, 0.15) is 0 Å². The van der Waals surface area contributed by atoms with Crippen LogP contribution in [0.3, 0.4) is 0 Å². The number of halogens is 3. The third-order valence-electron chi connectivity index (χ3n) is 5.37. The van der Waals surface area contributed by atoms with Gasteiger partial charge in [0.15, 0.2) is 5.03 Å². The van der Waals surface area contributed by atoms with Crippen LogP contribution in [0, 0.1) is 0 Å².